The predicted octanol–water partition coefficient (Wildman–Crippen LogP) is 0.908. The average Bonchev–Trinajstić information content (AvgIpc) is 2.88. The molecule has 0 spiro atoms. The predicted molar refractivity (Wildman–Crippen MR) is 69.0 cm³/mol. The average molecular weight is 268 g/mol. The molecular formula is C11H16N4O2S. The van der Waals surface area contributed by atoms with Gasteiger partial charge in [-0.3, -0.25) is 9.20 Å². The van der Waals surface area contributed by atoms with Gasteiger partial charge in [-0.25, -0.2) is 0 Å². The number of nitrogens with one attached hydrogen (secondary N) is 1. The molecular weight excluding hydrogens is 252 g/mol. The van der Waals surface area contributed by atoms with Gasteiger partial charge in [0, 0.05) is 5.69 Å². The summed E-state index contributed by atoms with van der Waals surface area (Å²) < 4.78 is 1.86. The van der Waals surface area contributed by atoms with Crippen LogP contribution in [0.5, 0.6) is 0 Å². The smallest absolute Gasteiger partial charge is 0.263 e. The fraction of sp³-hybridized carbons (Fsp3) is 0.545. The molecule has 0 bridgehead atoms. The van der Waals surface area contributed by atoms with Crippen LogP contribution in [0.25, 0.3) is 4.96 Å². The molecule has 2 heterocycles. The van der Waals surface area contributed by atoms with Gasteiger partial charge in [0.25, 0.3) is 5.91 Å². The van der Waals surface area contributed by atoms with Gasteiger partial charge in [0.2, 0.25) is 4.96 Å². The Hall–Kier alpha value is -1.47. The van der Waals surface area contributed by atoms with Gasteiger partial charge in [-0.1, -0.05) is 18.3 Å². The van der Waals surface area contributed by atoms with Crippen molar-refractivity contribution in [3.63, 3.8) is 0 Å². The fourth-order valence-electron chi connectivity index (χ4n) is 1.80. The number of aryl methyl sites for hydroxylation is 2. The molecule has 2 N–H and O–H groups in total. The van der Waals surface area contributed by atoms with E-state index < -0.39 is 0 Å². The van der Waals surface area contributed by atoms with Crippen molar-refractivity contribution in [1.82, 2.24) is 19.9 Å². The molecule has 6 nitrogen and oxygen atoms in total. The summed E-state index contributed by atoms with van der Waals surface area (Å²) in [5, 5.41) is 19.9. The number of aromatic nitrogens is 3. The monoisotopic (exact) mass is 268 g/mol. The van der Waals surface area contributed by atoms with Gasteiger partial charge in [-0.2, -0.15) is 0 Å². The van der Waals surface area contributed by atoms with Crippen LogP contribution in [-0.4, -0.2) is 38.3 Å². The number of nitrogens with zero attached hydrogens (tertiary/aromatic N) is 3. The third-order valence-electron chi connectivity index (χ3n) is 2.91. The molecule has 1 atom stereocenters. The first-order valence-corrected chi connectivity index (χ1v) is 6.63. The molecule has 7 heteroatoms. The number of thiazole rings is 1. The molecule has 2 aromatic rings. The van der Waals surface area contributed by atoms with E-state index in [0.29, 0.717) is 16.3 Å². The van der Waals surface area contributed by atoms with Crippen molar-refractivity contribution in [2.45, 2.75) is 33.2 Å². The summed E-state index contributed by atoms with van der Waals surface area (Å²) in [5.41, 5.74) is 0.836. The standard InChI is InChI=1S/C11H16N4O2S/c1-4-8(5-16)12-10(17)9-6(2)15-7(3)13-14-11(15)18-9/h8,16H,4-5H2,1-3H3,(H,12,17). The number of amides is 1. The molecule has 1 unspecified atom stereocenters. The summed E-state index contributed by atoms with van der Waals surface area (Å²) in [4.78, 5) is 13.4. The lowest BCUT2D eigenvalue weighted by Gasteiger charge is -2.13. The van der Waals surface area contributed by atoms with Crippen molar-refractivity contribution >= 4 is 22.2 Å². The van der Waals surface area contributed by atoms with Crippen LogP contribution in [0.15, 0.2) is 0 Å². The van der Waals surface area contributed by atoms with Crippen molar-refractivity contribution in [3.05, 3.63) is 16.4 Å². The Morgan fingerprint density at radius 2 is 2.22 bits per heavy atom. The summed E-state index contributed by atoms with van der Waals surface area (Å²) in [6, 6.07) is -0.203. The molecule has 0 aliphatic heterocycles. The van der Waals surface area contributed by atoms with Crippen LogP contribution in [0.2, 0.25) is 0 Å². The van der Waals surface area contributed by atoms with Crippen molar-refractivity contribution < 1.29 is 9.90 Å². The van der Waals surface area contributed by atoms with Crippen LogP contribution in [0.3, 0.4) is 0 Å². The maximum atomic E-state index is 12.1. The van der Waals surface area contributed by atoms with Crippen molar-refractivity contribution in [2.24, 2.45) is 0 Å². The number of hydrogen-bond donors (Lipinski definition) is 2. The third kappa shape index (κ3) is 2.11. The van der Waals surface area contributed by atoms with Gasteiger partial charge in [0.05, 0.1) is 12.6 Å². The second-order valence-corrected chi connectivity index (χ2v) is 5.12. The number of hydrogen-bond acceptors (Lipinski definition) is 5. The van der Waals surface area contributed by atoms with Crippen molar-refractivity contribution in [2.75, 3.05) is 6.61 Å². The van der Waals surface area contributed by atoms with Crippen LogP contribution in [0.4, 0.5) is 0 Å². The van der Waals surface area contributed by atoms with Crippen molar-refractivity contribution in [3.8, 4) is 0 Å². The van der Waals surface area contributed by atoms with Crippen LogP contribution in [-0.2, 0) is 0 Å². The van der Waals surface area contributed by atoms with Gasteiger partial charge >= 0.3 is 0 Å². The lowest BCUT2D eigenvalue weighted by molar-refractivity contribution is 0.0918. The summed E-state index contributed by atoms with van der Waals surface area (Å²) >= 11 is 1.31. The third-order valence-corrected chi connectivity index (χ3v) is 4.04. The lowest BCUT2D eigenvalue weighted by Crippen LogP contribution is -2.36. The Balaban J connectivity index is 2.30. The van der Waals surface area contributed by atoms with Gasteiger partial charge in [0.15, 0.2) is 0 Å². The molecule has 0 aromatic carbocycles. The molecule has 1 amide bonds. The van der Waals surface area contributed by atoms with Gasteiger partial charge in [0.1, 0.15) is 10.7 Å². The van der Waals surface area contributed by atoms with E-state index in [1.807, 2.05) is 25.2 Å². The van der Waals surface area contributed by atoms with E-state index in [0.717, 1.165) is 11.5 Å². The zero-order chi connectivity index (χ0) is 13.3. The van der Waals surface area contributed by atoms with E-state index >= 15 is 0 Å². The first-order chi connectivity index (χ1) is 8.58. The van der Waals surface area contributed by atoms with E-state index in [2.05, 4.69) is 15.5 Å². The zero-order valence-electron chi connectivity index (χ0n) is 10.6. The normalized spacial score (nSPS) is 12.9. The highest BCUT2D eigenvalue weighted by atomic mass is 32.1. The fourth-order valence-corrected chi connectivity index (χ4v) is 2.82. The number of fused-ring (bicyclic) bond motifs is 1. The molecule has 0 fully saturated rings. The second kappa shape index (κ2) is 5.03. The molecule has 98 valence electrons. The number of aliphatic hydroxyl groups excluding tert-OH is 1. The van der Waals surface area contributed by atoms with E-state index in [1.165, 1.54) is 11.3 Å². The minimum atomic E-state index is -0.203. The Morgan fingerprint density at radius 1 is 1.50 bits per heavy atom. The molecule has 2 rings (SSSR count). The lowest BCUT2D eigenvalue weighted by atomic mass is 10.2. The maximum absolute atomic E-state index is 12.1. The number of rotatable bonds is 4. The van der Waals surface area contributed by atoms with Gasteiger partial charge in [-0.05, 0) is 20.3 Å². The highest BCUT2D eigenvalue weighted by Gasteiger charge is 2.20. The van der Waals surface area contributed by atoms with Crippen LogP contribution in [0.1, 0.15) is 34.5 Å². The van der Waals surface area contributed by atoms with Crippen LogP contribution in [0, 0.1) is 13.8 Å². The highest BCUT2D eigenvalue weighted by Crippen LogP contribution is 2.22. The second-order valence-electron chi connectivity index (χ2n) is 4.14. The minimum Gasteiger partial charge on any atom is -0.394 e. The largest absolute Gasteiger partial charge is 0.394 e. The van der Waals surface area contributed by atoms with Crippen molar-refractivity contribution in [1.29, 1.82) is 0 Å². The number of aliphatic hydroxyl groups is 1. The summed E-state index contributed by atoms with van der Waals surface area (Å²) in [5.74, 6) is 0.607. The summed E-state index contributed by atoms with van der Waals surface area (Å²) in [6.45, 7) is 5.59. The molecule has 0 saturated carbocycles. The van der Waals surface area contributed by atoms with E-state index in [-0.39, 0.29) is 18.6 Å². The number of carbonyl (C=O) groups excluding carboxylic acids is 1. The molecule has 2 aromatic heterocycles. The molecule has 0 radical (unpaired) electrons. The zero-order valence-corrected chi connectivity index (χ0v) is 11.4. The highest BCUT2D eigenvalue weighted by molar-refractivity contribution is 7.19. The van der Waals surface area contributed by atoms with Crippen LogP contribution < -0.4 is 5.32 Å². The number of carbonyl (C=O) groups is 1. The quantitative estimate of drug-likeness (QED) is 0.863. The SMILES string of the molecule is CCC(CO)NC(=O)c1sc2nnc(C)n2c1C. The summed E-state index contributed by atoms with van der Waals surface area (Å²) in [6.07, 6.45) is 0.699. The Morgan fingerprint density at radius 3 is 2.78 bits per heavy atom. The molecule has 0 aliphatic rings. The van der Waals surface area contributed by atoms with Gasteiger partial charge < -0.3 is 10.4 Å². The molecule has 0 saturated heterocycles. The van der Waals surface area contributed by atoms with Gasteiger partial charge in [-0.15, -0.1) is 10.2 Å². The molecule has 0 aliphatic carbocycles. The molecule has 18 heavy (non-hydrogen) atoms. The van der Waals surface area contributed by atoms with Crippen LogP contribution >= 0.6 is 11.3 Å². The Kier molecular flexibility index (Phi) is 3.63. The first kappa shape index (κ1) is 13.0. The first-order valence-electron chi connectivity index (χ1n) is 5.81. The maximum Gasteiger partial charge on any atom is 0.263 e. The van der Waals surface area contributed by atoms with E-state index in [1.54, 1.807) is 0 Å². The van der Waals surface area contributed by atoms with E-state index in [4.69, 9.17) is 5.11 Å². The minimum absolute atomic E-state index is 0.0512. The Labute approximate surface area is 109 Å². The topological polar surface area (TPSA) is 79.5 Å². The Bertz CT molecular complexity index is 571. The van der Waals surface area contributed by atoms with E-state index in [9.17, 15) is 4.79 Å². The summed E-state index contributed by atoms with van der Waals surface area (Å²) in [7, 11) is 0.